The van der Waals surface area contributed by atoms with Crippen LogP contribution in [0.4, 0.5) is 0 Å². The fourth-order valence-electron chi connectivity index (χ4n) is 5.08. The third-order valence-electron chi connectivity index (χ3n) is 7.14. The van der Waals surface area contributed by atoms with Gasteiger partial charge in [-0.2, -0.15) is 0 Å². The number of fused-ring (bicyclic) bond motifs is 1. The van der Waals surface area contributed by atoms with Crippen molar-refractivity contribution in [2.45, 2.75) is 32.4 Å². The molecule has 4 aromatic rings. The molecule has 1 fully saturated rings. The van der Waals surface area contributed by atoms with Gasteiger partial charge in [-0.3, -0.25) is 9.69 Å². The summed E-state index contributed by atoms with van der Waals surface area (Å²) in [5, 5.41) is 4.74. The molecule has 1 saturated heterocycles. The first-order valence-corrected chi connectivity index (χ1v) is 13.0. The minimum atomic E-state index is -0.110. The minimum absolute atomic E-state index is 0.110. The van der Waals surface area contributed by atoms with Crippen LogP contribution >= 0.6 is 0 Å². The van der Waals surface area contributed by atoms with Gasteiger partial charge < -0.3 is 15.0 Å². The lowest BCUT2D eigenvalue weighted by Crippen LogP contribution is -2.37. The molecule has 3 aromatic carbocycles. The maximum absolute atomic E-state index is 12.1. The number of hydrogen-bond acceptors (Lipinski definition) is 4. The lowest BCUT2D eigenvalue weighted by Gasteiger charge is -2.32. The summed E-state index contributed by atoms with van der Waals surface area (Å²) in [5.41, 5.74) is 4.39. The highest BCUT2D eigenvalue weighted by atomic mass is 16.5. The zero-order chi connectivity index (χ0) is 24.6. The van der Waals surface area contributed by atoms with Crippen molar-refractivity contribution in [1.82, 2.24) is 15.2 Å². The Morgan fingerprint density at radius 1 is 0.861 bits per heavy atom. The van der Waals surface area contributed by atoms with E-state index in [-0.39, 0.29) is 5.56 Å². The number of nitrogens with zero attached hydrogens (tertiary/aromatic N) is 1. The number of hydrogen-bond donors (Lipinski definition) is 2. The predicted octanol–water partition coefficient (Wildman–Crippen LogP) is 5.15. The molecule has 0 unspecified atom stereocenters. The summed E-state index contributed by atoms with van der Waals surface area (Å²) in [6.45, 7) is 5.85. The number of rotatable bonds is 10. The zero-order valence-electron chi connectivity index (χ0n) is 20.8. The number of nitrogens with one attached hydrogen (secondary N) is 2. The second-order valence-electron chi connectivity index (χ2n) is 9.77. The normalized spacial score (nSPS) is 14.8. The first-order valence-electron chi connectivity index (χ1n) is 13.0. The summed E-state index contributed by atoms with van der Waals surface area (Å²) in [4.78, 5) is 17.6. The van der Waals surface area contributed by atoms with Crippen molar-refractivity contribution in [1.29, 1.82) is 0 Å². The van der Waals surface area contributed by atoms with E-state index in [4.69, 9.17) is 4.74 Å². The highest BCUT2D eigenvalue weighted by Gasteiger charge is 2.19. The van der Waals surface area contributed by atoms with E-state index >= 15 is 0 Å². The molecule has 0 atom stereocenters. The van der Waals surface area contributed by atoms with Gasteiger partial charge in [-0.15, -0.1) is 0 Å². The molecule has 0 radical (unpaired) electrons. The molecule has 5 rings (SSSR count). The molecule has 2 heterocycles. The van der Waals surface area contributed by atoms with E-state index in [0.717, 1.165) is 48.4 Å². The largest absolute Gasteiger partial charge is 0.487 e. The Kier molecular flexibility index (Phi) is 8.11. The smallest absolute Gasteiger partial charge is 0.248 e. The van der Waals surface area contributed by atoms with Gasteiger partial charge in [0.05, 0.1) is 5.52 Å². The standard InChI is InChI=1S/C31H35N3O2/c35-30-14-12-28-27(11-13-29(31(28)33-30)36-23-26-9-5-2-6-10-26)15-18-32-21-24-16-19-34(20-17-24)22-25-7-3-1-4-8-25/h1-14,24,32H,15-23H2,(H,33,35). The SMILES string of the molecule is O=c1ccc2c(CCNCC3CCN(Cc4ccccc4)CC3)ccc(OCc3ccccc3)c2[nH]1. The lowest BCUT2D eigenvalue weighted by molar-refractivity contribution is 0.175. The Hall–Kier alpha value is -3.41. The number of ether oxygens (including phenoxy) is 1. The summed E-state index contributed by atoms with van der Waals surface area (Å²) < 4.78 is 6.08. The number of piperidine rings is 1. The first kappa shape index (κ1) is 24.3. The molecular formula is C31H35N3O2. The van der Waals surface area contributed by atoms with Gasteiger partial charge in [-0.25, -0.2) is 0 Å². The van der Waals surface area contributed by atoms with Crippen LogP contribution in [0, 0.1) is 5.92 Å². The Labute approximate surface area is 213 Å². The zero-order valence-corrected chi connectivity index (χ0v) is 20.8. The molecule has 1 aliphatic heterocycles. The molecule has 0 amide bonds. The Morgan fingerprint density at radius 3 is 2.33 bits per heavy atom. The predicted molar refractivity (Wildman–Crippen MR) is 146 cm³/mol. The highest BCUT2D eigenvalue weighted by Crippen LogP contribution is 2.27. The molecule has 1 aromatic heterocycles. The fourth-order valence-corrected chi connectivity index (χ4v) is 5.08. The molecule has 36 heavy (non-hydrogen) atoms. The molecular weight excluding hydrogens is 446 g/mol. The molecule has 0 saturated carbocycles. The van der Waals surface area contributed by atoms with Gasteiger partial charge in [-0.1, -0.05) is 66.7 Å². The van der Waals surface area contributed by atoms with Gasteiger partial charge >= 0.3 is 0 Å². The molecule has 186 valence electrons. The average Bonchev–Trinajstić information content (AvgIpc) is 2.92. The van der Waals surface area contributed by atoms with Gasteiger partial charge in [-0.05, 0) is 80.2 Å². The van der Waals surface area contributed by atoms with Crippen molar-refractivity contribution in [2.24, 2.45) is 5.92 Å². The number of likely N-dealkylation sites (tertiary alicyclic amines) is 1. The lowest BCUT2D eigenvalue weighted by atomic mass is 9.96. The van der Waals surface area contributed by atoms with Crippen LogP contribution in [0.1, 0.15) is 29.5 Å². The van der Waals surface area contributed by atoms with Crippen LogP contribution in [-0.4, -0.2) is 36.1 Å². The molecule has 5 nitrogen and oxygen atoms in total. The number of pyridine rings is 1. The third-order valence-corrected chi connectivity index (χ3v) is 7.14. The van der Waals surface area contributed by atoms with Crippen LogP contribution in [0.5, 0.6) is 5.75 Å². The van der Waals surface area contributed by atoms with E-state index in [2.05, 4.69) is 51.6 Å². The Morgan fingerprint density at radius 2 is 1.58 bits per heavy atom. The molecule has 0 aliphatic carbocycles. The van der Waals surface area contributed by atoms with Crippen molar-refractivity contribution >= 4 is 10.9 Å². The summed E-state index contributed by atoms with van der Waals surface area (Å²) in [6, 6.07) is 28.5. The van der Waals surface area contributed by atoms with Crippen LogP contribution in [0.3, 0.4) is 0 Å². The summed E-state index contributed by atoms with van der Waals surface area (Å²) in [5.74, 6) is 1.45. The fraction of sp³-hybridized carbons (Fsp3) is 0.323. The van der Waals surface area contributed by atoms with Gasteiger partial charge in [0.25, 0.3) is 0 Å². The molecule has 5 heteroatoms. The van der Waals surface area contributed by atoms with Crippen molar-refractivity contribution in [2.75, 3.05) is 26.2 Å². The topological polar surface area (TPSA) is 57.4 Å². The second kappa shape index (κ2) is 12.0. The molecule has 0 spiro atoms. The quantitative estimate of drug-likeness (QED) is 0.308. The van der Waals surface area contributed by atoms with E-state index in [1.54, 1.807) is 6.07 Å². The maximum atomic E-state index is 12.1. The van der Waals surface area contributed by atoms with Crippen molar-refractivity contribution in [3.8, 4) is 5.75 Å². The van der Waals surface area contributed by atoms with Gasteiger partial charge in [0.2, 0.25) is 5.56 Å². The van der Waals surface area contributed by atoms with Gasteiger partial charge in [0, 0.05) is 18.0 Å². The molecule has 0 bridgehead atoms. The van der Waals surface area contributed by atoms with Crippen molar-refractivity contribution < 1.29 is 4.74 Å². The summed E-state index contributed by atoms with van der Waals surface area (Å²) >= 11 is 0. The van der Waals surface area contributed by atoms with E-state index in [1.165, 1.54) is 37.1 Å². The third kappa shape index (κ3) is 6.42. The van der Waals surface area contributed by atoms with Gasteiger partial charge in [0.15, 0.2) is 0 Å². The second-order valence-corrected chi connectivity index (χ2v) is 9.77. The van der Waals surface area contributed by atoms with E-state index in [9.17, 15) is 4.79 Å². The first-order chi connectivity index (χ1) is 17.7. The van der Waals surface area contributed by atoms with Crippen molar-refractivity contribution in [3.05, 3.63) is 112 Å². The van der Waals surface area contributed by atoms with E-state index in [0.29, 0.717) is 12.4 Å². The number of benzene rings is 3. The number of aromatic amines is 1. The van der Waals surface area contributed by atoms with Crippen molar-refractivity contribution in [3.63, 3.8) is 0 Å². The molecule has 1 aliphatic rings. The van der Waals surface area contributed by atoms with Gasteiger partial charge in [0.1, 0.15) is 12.4 Å². The maximum Gasteiger partial charge on any atom is 0.248 e. The van der Waals surface area contributed by atoms with Crippen LogP contribution in [0.25, 0.3) is 10.9 Å². The Bertz CT molecular complexity index is 1300. The van der Waals surface area contributed by atoms with Crippen LogP contribution in [-0.2, 0) is 19.6 Å². The Balaban J connectivity index is 1.12. The summed E-state index contributed by atoms with van der Waals surface area (Å²) in [6.07, 6.45) is 3.41. The highest BCUT2D eigenvalue weighted by molar-refractivity contribution is 5.87. The van der Waals surface area contributed by atoms with E-state index in [1.807, 2.05) is 42.5 Å². The molecule has 2 N–H and O–H groups in total. The monoisotopic (exact) mass is 481 g/mol. The van der Waals surface area contributed by atoms with Crippen LogP contribution < -0.4 is 15.6 Å². The van der Waals surface area contributed by atoms with Crippen LogP contribution in [0.2, 0.25) is 0 Å². The minimum Gasteiger partial charge on any atom is -0.487 e. The number of aromatic nitrogens is 1. The summed E-state index contributed by atoms with van der Waals surface area (Å²) in [7, 11) is 0. The number of H-pyrrole nitrogens is 1. The van der Waals surface area contributed by atoms with Crippen LogP contribution in [0.15, 0.2) is 89.7 Å². The average molecular weight is 482 g/mol. The van der Waals surface area contributed by atoms with E-state index < -0.39 is 0 Å².